The summed E-state index contributed by atoms with van der Waals surface area (Å²) in [5, 5.41) is 4.50. The number of hydrogen-bond acceptors (Lipinski definition) is 4. The van der Waals surface area contributed by atoms with E-state index in [-0.39, 0.29) is 0 Å². The van der Waals surface area contributed by atoms with Gasteiger partial charge in [-0.2, -0.15) is 0 Å². The highest BCUT2D eigenvalue weighted by molar-refractivity contribution is 6.27. The molecule has 0 amide bonds. The molecule has 0 saturated carbocycles. The predicted molar refractivity (Wildman–Crippen MR) is 186 cm³/mol. The molecule has 0 fully saturated rings. The largest absolute Gasteiger partial charge is 0.456 e. The number of benzene rings is 6. The Hall–Kier alpha value is -6.51. The maximum absolute atomic E-state index is 6.54. The molecule has 3 heterocycles. The molecule has 0 spiro atoms. The number of rotatable bonds is 4. The van der Waals surface area contributed by atoms with Gasteiger partial charge in [-0.25, -0.2) is 15.0 Å². The second-order valence-electron chi connectivity index (χ2n) is 11.2. The summed E-state index contributed by atoms with van der Waals surface area (Å²) in [4.78, 5) is 14.7. The van der Waals surface area contributed by atoms with Gasteiger partial charge in [-0.05, 0) is 66.7 Å². The zero-order valence-electron chi connectivity index (χ0n) is 24.6. The Morgan fingerprint density at radius 2 is 1.13 bits per heavy atom. The van der Waals surface area contributed by atoms with Crippen molar-refractivity contribution in [2.75, 3.05) is 0 Å². The van der Waals surface area contributed by atoms with Gasteiger partial charge >= 0.3 is 0 Å². The van der Waals surface area contributed by atoms with Crippen molar-refractivity contribution < 1.29 is 4.42 Å². The van der Waals surface area contributed by atoms with E-state index < -0.39 is 0 Å². The summed E-state index contributed by atoms with van der Waals surface area (Å²) in [6.07, 6.45) is 5.60. The summed E-state index contributed by atoms with van der Waals surface area (Å²) in [6.45, 7) is 0. The molecule has 9 rings (SSSR count). The maximum atomic E-state index is 6.54. The highest BCUT2D eigenvalue weighted by Gasteiger charge is 2.20. The van der Waals surface area contributed by atoms with Crippen LogP contribution >= 0.6 is 0 Å². The van der Waals surface area contributed by atoms with Gasteiger partial charge in [0.2, 0.25) is 0 Å². The zero-order chi connectivity index (χ0) is 30.6. The van der Waals surface area contributed by atoms with E-state index in [0.29, 0.717) is 17.5 Å². The maximum Gasteiger partial charge on any atom is 0.164 e. The van der Waals surface area contributed by atoms with Crippen LogP contribution in [0.2, 0.25) is 0 Å². The molecule has 0 aliphatic carbocycles. The first kappa shape index (κ1) is 25.9. The topological polar surface area (TPSA) is 56.7 Å². The van der Waals surface area contributed by atoms with Gasteiger partial charge in [0.05, 0.1) is 11.0 Å². The first-order chi connectivity index (χ1) is 22.7. The average molecular weight is 589 g/mol. The first-order valence-electron chi connectivity index (χ1n) is 15.1. The van der Waals surface area contributed by atoms with E-state index in [0.717, 1.165) is 60.9 Å². The number of terminal acetylenes is 1. The van der Waals surface area contributed by atoms with Gasteiger partial charge in [0.25, 0.3) is 0 Å². The van der Waals surface area contributed by atoms with Crippen molar-refractivity contribution in [2.24, 2.45) is 0 Å². The van der Waals surface area contributed by atoms with Crippen molar-refractivity contribution in [3.8, 4) is 52.2 Å². The van der Waals surface area contributed by atoms with Crippen molar-refractivity contribution in [3.05, 3.63) is 145 Å². The lowest BCUT2D eigenvalue weighted by Gasteiger charge is -2.08. The van der Waals surface area contributed by atoms with Gasteiger partial charge in [0, 0.05) is 49.5 Å². The van der Waals surface area contributed by atoms with Crippen LogP contribution in [0.25, 0.3) is 83.6 Å². The molecule has 9 aromatic rings. The normalized spacial score (nSPS) is 11.5. The van der Waals surface area contributed by atoms with Gasteiger partial charge in [-0.3, -0.25) is 0 Å². The Morgan fingerprint density at radius 3 is 1.87 bits per heavy atom. The summed E-state index contributed by atoms with van der Waals surface area (Å²) in [6, 6.07) is 47.1. The van der Waals surface area contributed by atoms with Crippen LogP contribution in [-0.2, 0) is 0 Å². The van der Waals surface area contributed by atoms with Gasteiger partial charge in [-0.1, -0.05) is 78.7 Å². The Balaban J connectivity index is 1.26. The van der Waals surface area contributed by atoms with Gasteiger partial charge in [0.15, 0.2) is 17.5 Å². The minimum absolute atomic E-state index is 0.568. The van der Waals surface area contributed by atoms with E-state index in [1.807, 2.05) is 66.7 Å². The molecule has 6 aromatic carbocycles. The Morgan fingerprint density at radius 1 is 0.500 bits per heavy atom. The molecule has 0 saturated heterocycles. The molecular formula is C41H24N4O. The van der Waals surface area contributed by atoms with Crippen LogP contribution in [-0.4, -0.2) is 19.5 Å². The monoisotopic (exact) mass is 588 g/mol. The highest BCUT2D eigenvalue weighted by Crippen LogP contribution is 2.41. The number of nitrogens with zero attached hydrogens (tertiary/aromatic N) is 4. The van der Waals surface area contributed by atoms with Crippen molar-refractivity contribution in [1.29, 1.82) is 0 Å². The van der Waals surface area contributed by atoms with Crippen LogP contribution in [0.1, 0.15) is 5.56 Å². The van der Waals surface area contributed by atoms with E-state index in [1.165, 1.54) is 10.8 Å². The van der Waals surface area contributed by atoms with Crippen molar-refractivity contribution in [2.45, 2.75) is 0 Å². The fraction of sp³-hybridized carbons (Fsp3) is 0. The lowest BCUT2D eigenvalue weighted by Crippen LogP contribution is -2.00. The Labute approximate surface area is 264 Å². The molecule has 0 atom stereocenters. The number of hydrogen-bond donors (Lipinski definition) is 0. The quantitative estimate of drug-likeness (QED) is 0.192. The number of furan rings is 1. The van der Waals surface area contributed by atoms with E-state index >= 15 is 0 Å². The zero-order valence-corrected chi connectivity index (χ0v) is 24.6. The van der Waals surface area contributed by atoms with Crippen LogP contribution in [0.15, 0.2) is 144 Å². The minimum Gasteiger partial charge on any atom is -0.456 e. The second kappa shape index (κ2) is 10.3. The van der Waals surface area contributed by atoms with Crippen LogP contribution in [0.5, 0.6) is 0 Å². The third kappa shape index (κ3) is 4.09. The molecule has 46 heavy (non-hydrogen) atoms. The summed E-state index contributed by atoms with van der Waals surface area (Å²) >= 11 is 0. The second-order valence-corrected chi connectivity index (χ2v) is 11.2. The molecule has 5 heteroatoms. The van der Waals surface area contributed by atoms with Crippen LogP contribution in [0.4, 0.5) is 0 Å². The van der Waals surface area contributed by atoms with Crippen LogP contribution in [0, 0.1) is 12.3 Å². The summed E-state index contributed by atoms with van der Waals surface area (Å²) < 4.78 is 8.87. The van der Waals surface area contributed by atoms with Crippen molar-refractivity contribution in [1.82, 2.24) is 19.5 Å². The van der Waals surface area contributed by atoms with Gasteiger partial charge < -0.3 is 8.98 Å². The molecule has 0 radical (unpaired) electrons. The van der Waals surface area contributed by atoms with E-state index in [4.69, 9.17) is 25.8 Å². The van der Waals surface area contributed by atoms with E-state index in [2.05, 4.69) is 83.3 Å². The third-order valence-corrected chi connectivity index (χ3v) is 8.52. The minimum atomic E-state index is 0.568. The molecule has 0 aliphatic heterocycles. The summed E-state index contributed by atoms with van der Waals surface area (Å²) in [7, 11) is 0. The molecule has 5 nitrogen and oxygen atoms in total. The molecular weight excluding hydrogens is 564 g/mol. The smallest absolute Gasteiger partial charge is 0.164 e. The Bertz CT molecular complexity index is 2630. The number of fused-ring (bicyclic) bond motifs is 7. The molecule has 0 bridgehead atoms. The highest BCUT2D eigenvalue weighted by atomic mass is 16.3. The predicted octanol–water partition coefficient (Wildman–Crippen LogP) is 9.85. The molecule has 0 aliphatic rings. The van der Waals surface area contributed by atoms with E-state index in [1.54, 1.807) is 0 Å². The molecule has 0 N–H and O–H groups in total. The van der Waals surface area contributed by atoms with Crippen LogP contribution < -0.4 is 0 Å². The molecule has 0 unspecified atom stereocenters. The Kier molecular flexibility index (Phi) is 5.81. The molecule has 3 aromatic heterocycles. The van der Waals surface area contributed by atoms with Crippen molar-refractivity contribution in [3.63, 3.8) is 0 Å². The van der Waals surface area contributed by atoms with E-state index in [9.17, 15) is 0 Å². The first-order valence-corrected chi connectivity index (χ1v) is 15.1. The average Bonchev–Trinajstić information content (AvgIpc) is 3.67. The van der Waals surface area contributed by atoms with Gasteiger partial charge in [-0.15, -0.1) is 6.42 Å². The SMILES string of the molecule is C#Cc1ccc(-c2nc(-c3ccccc3)nc(-c3ccc4c(c3)oc3ccc5c(c6ccccc6n5-c5ccccc5)c34)n2)cc1. The lowest BCUT2D eigenvalue weighted by molar-refractivity contribution is 0.669. The van der Waals surface area contributed by atoms with Gasteiger partial charge in [0.1, 0.15) is 11.2 Å². The number of aromatic nitrogens is 4. The van der Waals surface area contributed by atoms with Crippen molar-refractivity contribution >= 4 is 43.7 Å². The fourth-order valence-electron chi connectivity index (χ4n) is 6.39. The lowest BCUT2D eigenvalue weighted by atomic mass is 10.0. The summed E-state index contributed by atoms with van der Waals surface area (Å²) in [5.41, 5.74) is 8.45. The molecule has 214 valence electrons. The standard InChI is InChI=1S/C41H24N4O/c1-2-26-17-19-28(20-18-26)40-42-39(27-11-5-3-6-12-27)43-41(44-40)29-21-22-32-36(25-29)46-35-24-23-34-37(38(32)35)31-15-9-10-16-33(31)45(34)30-13-7-4-8-14-30/h1,3-25H. The number of para-hydroxylation sites is 2. The van der Waals surface area contributed by atoms with Crippen LogP contribution in [0.3, 0.4) is 0 Å². The summed E-state index contributed by atoms with van der Waals surface area (Å²) in [5.74, 6) is 4.42. The fourth-order valence-corrected chi connectivity index (χ4v) is 6.39. The third-order valence-electron chi connectivity index (χ3n) is 8.52.